The van der Waals surface area contributed by atoms with Crippen molar-refractivity contribution in [1.29, 1.82) is 0 Å². The van der Waals surface area contributed by atoms with Crippen molar-refractivity contribution in [2.75, 3.05) is 57.0 Å². The second-order valence-electron chi connectivity index (χ2n) is 11.8. The zero-order valence-electron chi connectivity index (χ0n) is 25.4. The average Bonchev–Trinajstić information content (AvgIpc) is 3.30. The highest BCUT2D eigenvalue weighted by Crippen LogP contribution is 2.32. The first-order chi connectivity index (χ1) is 21.7. The third-order valence-electron chi connectivity index (χ3n) is 8.62. The summed E-state index contributed by atoms with van der Waals surface area (Å²) in [5, 5.41) is 5.87. The van der Waals surface area contributed by atoms with Crippen LogP contribution in [-0.2, 0) is 17.9 Å². The van der Waals surface area contributed by atoms with Gasteiger partial charge in [0, 0.05) is 71.2 Å². The van der Waals surface area contributed by atoms with Gasteiger partial charge in [-0.05, 0) is 48.7 Å². The summed E-state index contributed by atoms with van der Waals surface area (Å²) in [6, 6.07) is 13.0. The number of hydrogen-bond donors (Lipinski definition) is 2. The van der Waals surface area contributed by atoms with Crippen LogP contribution >= 0.6 is 0 Å². The number of anilines is 2. The molecule has 0 bridgehead atoms. The molecule has 234 valence electrons. The maximum Gasteiger partial charge on any atom is 0.271 e. The average molecular weight is 614 g/mol. The zero-order chi connectivity index (χ0) is 31.7. The van der Waals surface area contributed by atoms with Crippen molar-refractivity contribution in [3.8, 4) is 0 Å². The van der Waals surface area contributed by atoms with Crippen LogP contribution in [0.3, 0.4) is 0 Å². The number of carbonyl (C=O) groups is 4. The predicted octanol–water partition coefficient (Wildman–Crippen LogP) is 2.73. The molecule has 2 N–H and O–H groups in total. The summed E-state index contributed by atoms with van der Waals surface area (Å²) >= 11 is 0. The van der Waals surface area contributed by atoms with Crippen LogP contribution in [0.1, 0.15) is 55.2 Å². The summed E-state index contributed by atoms with van der Waals surface area (Å²) < 4.78 is 15.2. The van der Waals surface area contributed by atoms with E-state index in [9.17, 15) is 19.2 Å². The number of amides is 4. The number of carbonyl (C=O) groups excluding carboxylic acids is 4. The number of hydrogen-bond acceptors (Lipinski definition) is 8. The number of benzene rings is 2. The molecule has 2 saturated heterocycles. The van der Waals surface area contributed by atoms with Gasteiger partial charge >= 0.3 is 0 Å². The Morgan fingerprint density at radius 3 is 2.53 bits per heavy atom. The molecule has 4 heterocycles. The predicted molar refractivity (Wildman–Crippen MR) is 166 cm³/mol. The van der Waals surface area contributed by atoms with Crippen LogP contribution in [0.4, 0.5) is 15.8 Å². The summed E-state index contributed by atoms with van der Waals surface area (Å²) in [6.45, 7) is 4.45. The smallest absolute Gasteiger partial charge is 0.271 e. The van der Waals surface area contributed by atoms with Gasteiger partial charge in [0.2, 0.25) is 5.91 Å². The minimum Gasteiger partial charge on any atom is -0.380 e. The standard InChI is InChI=1S/C33H36FN7O4/c1-38(2)32(44)27-11-10-23(19-37-27)40-15-13-39(14-16-40)20-21-8-9-22(25(34)17-21)18-36-26-6-3-5-24-29(26)33(45)41(31(24)43)28-7-4-12-35-30(28)42/h3,5-6,8-11,17,19,28,36H,4,7,12-16,18,20H2,1-2H3,(H,35,42). The van der Waals surface area contributed by atoms with Crippen LogP contribution in [0, 0.1) is 5.82 Å². The lowest BCUT2D eigenvalue weighted by atomic mass is 10.1. The highest BCUT2D eigenvalue weighted by Gasteiger charge is 2.44. The van der Waals surface area contributed by atoms with E-state index in [1.54, 1.807) is 56.7 Å². The van der Waals surface area contributed by atoms with Crippen LogP contribution in [0.25, 0.3) is 0 Å². The lowest BCUT2D eigenvalue weighted by Crippen LogP contribution is -2.52. The Bertz CT molecular complexity index is 1640. The van der Waals surface area contributed by atoms with E-state index < -0.39 is 17.9 Å². The fourth-order valence-corrected chi connectivity index (χ4v) is 6.11. The Hall–Kier alpha value is -4.84. The van der Waals surface area contributed by atoms with E-state index in [2.05, 4.69) is 25.4 Å². The van der Waals surface area contributed by atoms with Gasteiger partial charge in [-0.15, -0.1) is 0 Å². The van der Waals surface area contributed by atoms with E-state index in [1.807, 2.05) is 12.1 Å². The van der Waals surface area contributed by atoms with Gasteiger partial charge in [0.15, 0.2) is 0 Å². The molecule has 0 saturated carbocycles. The maximum absolute atomic E-state index is 15.2. The van der Waals surface area contributed by atoms with Crippen LogP contribution in [-0.4, -0.2) is 96.2 Å². The van der Waals surface area contributed by atoms with Gasteiger partial charge in [0.05, 0.1) is 23.0 Å². The molecule has 2 fully saturated rings. The maximum atomic E-state index is 15.2. The molecule has 45 heavy (non-hydrogen) atoms. The van der Waals surface area contributed by atoms with Crippen molar-refractivity contribution in [2.24, 2.45) is 0 Å². The van der Waals surface area contributed by atoms with Crippen LogP contribution in [0.5, 0.6) is 0 Å². The molecule has 3 aliphatic heterocycles. The molecule has 4 amide bonds. The van der Waals surface area contributed by atoms with E-state index >= 15 is 4.39 Å². The van der Waals surface area contributed by atoms with Crippen molar-refractivity contribution >= 4 is 35.0 Å². The third-order valence-corrected chi connectivity index (χ3v) is 8.62. The van der Waals surface area contributed by atoms with Gasteiger partial charge in [0.25, 0.3) is 17.7 Å². The molecule has 0 radical (unpaired) electrons. The van der Waals surface area contributed by atoms with Gasteiger partial charge in [0.1, 0.15) is 17.6 Å². The number of pyridine rings is 1. The van der Waals surface area contributed by atoms with E-state index in [-0.39, 0.29) is 35.3 Å². The first-order valence-corrected chi connectivity index (χ1v) is 15.2. The van der Waals surface area contributed by atoms with Crippen molar-refractivity contribution in [2.45, 2.75) is 32.0 Å². The van der Waals surface area contributed by atoms with Crippen LogP contribution in [0.15, 0.2) is 54.7 Å². The van der Waals surface area contributed by atoms with Crippen LogP contribution < -0.4 is 15.5 Å². The van der Waals surface area contributed by atoms with Crippen molar-refractivity contribution in [3.63, 3.8) is 0 Å². The van der Waals surface area contributed by atoms with E-state index in [0.717, 1.165) is 42.3 Å². The van der Waals surface area contributed by atoms with Crippen LogP contribution in [0.2, 0.25) is 0 Å². The molecule has 0 spiro atoms. The lowest BCUT2D eigenvalue weighted by Gasteiger charge is -2.36. The first kappa shape index (κ1) is 30.2. The van der Waals surface area contributed by atoms with Gasteiger partial charge in [-0.25, -0.2) is 9.37 Å². The zero-order valence-corrected chi connectivity index (χ0v) is 25.4. The van der Waals surface area contributed by atoms with Crippen molar-refractivity contribution in [3.05, 3.63) is 88.5 Å². The Morgan fingerprint density at radius 1 is 1.04 bits per heavy atom. The number of piperidine rings is 1. The van der Waals surface area contributed by atoms with Crippen molar-refractivity contribution < 1.29 is 23.6 Å². The summed E-state index contributed by atoms with van der Waals surface area (Å²) in [5.41, 5.74) is 3.56. The molecular formula is C33H36FN7O4. The minimum absolute atomic E-state index is 0.125. The Kier molecular flexibility index (Phi) is 8.48. The van der Waals surface area contributed by atoms with E-state index in [0.29, 0.717) is 42.9 Å². The topological polar surface area (TPSA) is 118 Å². The monoisotopic (exact) mass is 613 g/mol. The van der Waals surface area contributed by atoms with Gasteiger partial charge in [-0.2, -0.15) is 0 Å². The molecule has 1 aromatic heterocycles. The Morgan fingerprint density at radius 2 is 1.84 bits per heavy atom. The minimum atomic E-state index is -0.824. The molecule has 3 aromatic rings. The second kappa shape index (κ2) is 12.6. The molecule has 12 heteroatoms. The van der Waals surface area contributed by atoms with Gasteiger partial charge < -0.3 is 20.4 Å². The second-order valence-corrected chi connectivity index (χ2v) is 11.8. The fraction of sp³-hybridized carbons (Fsp3) is 0.364. The molecule has 0 aliphatic carbocycles. The molecule has 1 atom stereocenters. The number of nitrogens with one attached hydrogen (secondary N) is 2. The lowest BCUT2D eigenvalue weighted by molar-refractivity contribution is -0.126. The molecule has 1 unspecified atom stereocenters. The first-order valence-electron chi connectivity index (χ1n) is 15.2. The van der Waals surface area contributed by atoms with E-state index in [1.165, 1.54) is 4.90 Å². The third kappa shape index (κ3) is 6.10. The molecule has 3 aliphatic rings. The Labute approximate surface area is 261 Å². The summed E-state index contributed by atoms with van der Waals surface area (Å²) in [4.78, 5) is 62.3. The highest BCUT2D eigenvalue weighted by molar-refractivity contribution is 6.25. The van der Waals surface area contributed by atoms with Gasteiger partial charge in [-0.1, -0.05) is 18.2 Å². The summed E-state index contributed by atoms with van der Waals surface area (Å²) in [5.74, 6) is -1.80. The SMILES string of the molecule is CN(C)C(=O)c1ccc(N2CCN(Cc3ccc(CNc4cccc5c4C(=O)N(C4CCCNC4=O)C5=O)c(F)c3)CC2)cn1. The molecule has 2 aromatic carbocycles. The highest BCUT2D eigenvalue weighted by atomic mass is 19.1. The van der Waals surface area contributed by atoms with Gasteiger partial charge in [-0.3, -0.25) is 29.0 Å². The molecule has 6 rings (SSSR count). The largest absolute Gasteiger partial charge is 0.380 e. The fourth-order valence-electron chi connectivity index (χ4n) is 6.11. The number of fused-ring (bicyclic) bond motifs is 1. The number of nitrogens with zero attached hydrogens (tertiary/aromatic N) is 5. The normalized spacial score (nSPS) is 18.6. The number of rotatable bonds is 8. The number of piperazine rings is 1. The number of halogens is 1. The Balaban J connectivity index is 1.05. The van der Waals surface area contributed by atoms with Crippen molar-refractivity contribution in [1.82, 2.24) is 25.0 Å². The number of imide groups is 1. The quantitative estimate of drug-likeness (QED) is 0.373. The summed E-state index contributed by atoms with van der Waals surface area (Å²) in [7, 11) is 3.40. The molecule has 11 nitrogen and oxygen atoms in total. The number of aromatic nitrogens is 1. The van der Waals surface area contributed by atoms with E-state index in [4.69, 9.17) is 0 Å². The molecular weight excluding hydrogens is 577 g/mol. The summed E-state index contributed by atoms with van der Waals surface area (Å²) in [6.07, 6.45) is 2.85.